The van der Waals surface area contributed by atoms with Crippen molar-refractivity contribution in [1.82, 2.24) is 9.21 Å². The number of rotatable bonds is 3. The first kappa shape index (κ1) is 18.9. The van der Waals surface area contributed by atoms with Crippen LogP contribution in [0.4, 0.5) is 0 Å². The van der Waals surface area contributed by atoms with Gasteiger partial charge in [-0.05, 0) is 51.2 Å². The van der Waals surface area contributed by atoms with E-state index in [0.29, 0.717) is 25.9 Å². The van der Waals surface area contributed by atoms with Gasteiger partial charge in [0.05, 0.1) is 10.5 Å². The van der Waals surface area contributed by atoms with E-state index >= 15 is 0 Å². The Bertz CT molecular complexity index is 808. The molecule has 140 valence electrons. The third kappa shape index (κ3) is 3.62. The second-order valence-electron chi connectivity index (χ2n) is 7.16. The van der Waals surface area contributed by atoms with Gasteiger partial charge in [-0.3, -0.25) is 4.79 Å². The van der Waals surface area contributed by atoms with Crippen LogP contribution in [0.1, 0.15) is 44.6 Å². The lowest BCUT2D eigenvalue weighted by Gasteiger charge is -2.38. The first-order chi connectivity index (χ1) is 12.4. The molecule has 0 N–H and O–H groups in total. The summed E-state index contributed by atoms with van der Waals surface area (Å²) in [4.78, 5) is 14.8. The quantitative estimate of drug-likeness (QED) is 0.812. The zero-order chi connectivity index (χ0) is 18.7. The van der Waals surface area contributed by atoms with E-state index in [9.17, 15) is 18.5 Å². The molecule has 1 aromatic carbocycles. The maximum absolute atomic E-state index is 12.9. The molecule has 2 fully saturated rings. The molecule has 1 amide bonds. The Morgan fingerprint density at radius 3 is 2.46 bits per heavy atom. The number of hydrogen-bond donors (Lipinski definition) is 0. The van der Waals surface area contributed by atoms with Gasteiger partial charge in [0.25, 0.3) is 0 Å². The van der Waals surface area contributed by atoms with Crippen molar-refractivity contribution in [2.45, 2.75) is 50.0 Å². The van der Waals surface area contributed by atoms with Crippen LogP contribution in [-0.4, -0.2) is 49.2 Å². The molecule has 2 saturated heterocycles. The van der Waals surface area contributed by atoms with Crippen LogP contribution in [0, 0.1) is 17.2 Å². The van der Waals surface area contributed by atoms with Crippen LogP contribution in [0.25, 0.3) is 0 Å². The third-order valence-electron chi connectivity index (χ3n) is 5.51. The molecular weight excluding hydrogens is 350 g/mol. The summed E-state index contributed by atoms with van der Waals surface area (Å²) in [5.41, 5.74) is 0.160. The van der Waals surface area contributed by atoms with Crippen molar-refractivity contribution in [2.24, 2.45) is 5.92 Å². The smallest absolute Gasteiger partial charge is 0.244 e. The van der Waals surface area contributed by atoms with Gasteiger partial charge in [-0.2, -0.15) is 9.57 Å². The molecule has 0 bridgehead atoms. The number of piperidine rings is 2. The predicted octanol–water partition coefficient (Wildman–Crippen LogP) is 2.36. The predicted molar refractivity (Wildman–Crippen MR) is 97.7 cm³/mol. The van der Waals surface area contributed by atoms with Gasteiger partial charge < -0.3 is 4.90 Å². The van der Waals surface area contributed by atoms with Gasteiger partial charge in [0.2, 0.25) is 15.9 Å². The maximum Gasteiger partial charge on any atom is 0.244 e. The summed E-state index contributed by atoms with van der Waals surface area (Å²) >= 11 is 0. The molecule has 1 aromatic rings. The highest BCUT2D eigenvalue weighted by atomic mass is 32.2. The highest BCUT2D eigenvalue weighted by Crippen LogP contribution is 2.28. The van der Waals surface area contributed by atoms with Gasteiger partial charge in [-0.25, -0.2) is 8.42 Å². The molecule has 26 heavy (non-hydrogen) atoms. The number of hydrogen-bond acceptors (Lipinski definition) is 4. The molecular formula is C19H25N3O3S. The molecule has 1 atom stereocenters. The fourth-order valence-electron chi connectivity index (χ4n) is 3.93. The van der Waals surface area contributed by atoms with Gasteiger partial charge in [0.15, 0.2) is 0 Å². The van der Waals surface area contributed by atoms with Crippen LogP contribution < -0.4 is 0 Å². The Morgan fingerprint density at radius 1 is 1.12 bits per heavy atom. The Kier molecular flexibility index (Phi) is 5.64. The average Bonchev–Trinajstić information content (AvgIpc) is 2.68. The number of nitrogens with zero attached hydrogens (tertiary/aromatic N) is 3. The summed E-state index contributed by atoms with van der Waals surface area (Å²) in [5, 5.41) is 9.18. The molecule has 1 unspecified atom stereocenters. The zero-order valence-electron chi connectivity index (χ0n) is 15.1. The number of likely N-dealkylation sites (tertiary alicyclic amines) is 1. The maximum atomic E-state index is 12.9. The summed E-state index contributed by atoms with van der Waals surface area (Å²) in [5.74, 6) is 0.0693. The van der Waals surface area contributed by atoms with E-state index in [1.54, 1.807) is 12.1 Å². The van der Waals surface area contributed by atoms with Crippen molar-refractivity contribution >= 4 is 15.9 Å². The van der Waals surface area contributed by atoms with Gasteiger partial charge in [-0.15, -0.1) is 0 Å². The lowest BCUT2D eigenvalue weighted by atomic mass is 9.94. The van der Waals surface area contributed by atoms with Gasteiger partial charge in [-0.1, -0.05) is 12.1 Å². The Labute approximate surface area is 155 Å². The molecule has 0 aromatic heterocycles. The molecule has 2 heterocycles. The number of nitriles is 1. The van der Waals surface area contributed by atoms with E-state index in [1.165, 1.54) is 22.9 Å². The molecule has 0 saturated carbocycles. The standard InChI is InChI=1S/C19H25N3O3S/c1-15-6-4-5-11-22(15)19(23)16-9-12-21(13-10-16)26(24,25)18-8-3-2-7-17(18)14-20/h2-3,7-8,15-16H,4-6,9-13H2,1H3. The Hall–Kier alpha value is -1.91. The second kappa shape index (κ2) is 7.77. The van der Waals surface area contributed by atoms with Gasteiger partial charge >= 0.3 is 0 Å². The zero-order valence-corrected chi connectivity index (χ0v) is 15.9. The minimum absolute atomic E-state index is 0.0527. The first-order valence-corrected chi connectivity index (χ1v) is 10.7. The molecule has 2 aliphatic heterocycles. The van der Waals surface area contributed by atoms with E-state index in [-0.39, 0.29) is 28.3 Å². The summed E-state index contributed by atoms with van der Waals surface area (Å²) in [6, 6.07) is 8.50. The Balaban J connectivity index is 1.68. The second-order valence-corrected chi connectivity index (χ2v) is 9.07. The van der Waals surface area contributed by atoms with Crippen molar-refractivity contribution in [3.05, 3.63) is 29.8 Å². The largest absolute Gasteiger partial charge is 0.340 e. The van der Waals surface area contributed by atoms with E-state index < -0.39 is 10.0 Å². The monoisotopic (exact) mass is 375 g/mol. The van der Waals surface area contributed by atoms with Crippen LogP contribution in [0.3, 0.4) is 0 Å². The van der Waals surface area contributed by atoms with E-state index in [4.69, 9.17) is 0 Å². The lowest BCUT2D eigenvalue weighted by Crippen LogP contribution is -2.48. The summed E-state index contributed by atoms with van der Waals surface area (Å²) in [6.07, 6.45) is 4.34. The topological polar surface area (TPSA) is 81.5 Å². The van der Waals surface area contributed by atoms with Gasteiger partial charge in [0, 0.05) is 31.6 Å². The number of carbonyl (C=O) groups is 1. The van der Waals surface area contributed by atoms with E-state index in [1.807, 2.05) is 11.0 Å². The van der Waals surface area contributed by atoms with Crippen molar-refractivity contribution in [3.63, 3.8) is 0 Å². The van der Waals surface area contributed by atoms with Crippen molar-refractivity contribution in [2.75, 3.05) is 19.6 Å². The van der Waals surface area contributed by atoms with Crippen molar-refractivity contribution in [3.8, 4) is 6.07 Å². The Morgan fingerprint density at radius 2 is 1.81 bits per heavy atom. The molecule has 3 rings (SSSR count). The number of carbonyl (C=O) groups excluding carboxylic acids is 1. The minimum Gasteiger partial charge on any atom is -0.340 e. The fourth-order valence-corrected chi connectivity index (χ4v) is 5.54. The van der Waals surface area contributed by atoms with E-state index in [2.05, 4.69) is 6.92 Å². The number of benzene rings is 1. The number of sulfonamides is 1. The minimum atomic E-state index is -3.70. The third-order valence-corrected chi connectivity index (χ3v) is 7.47. The lowest BCUT2D eigenvalue weighted by molar-refractivity contribution is -0.140. The molecule has 0 aliphatic carbocycles. The molecule has 7 heteroatoms. The fraction of sp³-hybridized carbons (Fsp3) is 0.579. The van der Waals surface area contributed by atoms with Crippen LogP contribution in [0.15, 0.2) is 29.2 Å². The molecule has 2 aliphatic rings. The summed E-state index contributed by atoms with van der Waals surface area (Å²) < 4.78 is 27.2. The highest BCUT2D eigenvalue weighted by Gasteiger charge is 2.36. The van der Waals surface area contributed by atoms with Crippen molar-refractivity contribution in [1.29, 1.82) is 5.26 Å². The molecule has 0 spiro atoms. The molecule has 0 radical (unpaired) electrons. The normalized spacial score (nSPS) is 22.8. The number of amides is 1. The molecule has 6 nitrogen and oxygen atoms in total. The van der Waals surface area contributed by atoms with Crippen LogP contribution in [0.2, 0.25) is 0 Å². The summed E-state index contributed by atoms with van der Waals surface area (Å²) in [7, 11) is -3.70. The highest BCUT2D eigenvalue weighted by molar-refractivity contribution is 7.89. The van der Waals surface area contributed by atoms with Gasteiger partial charge in [0.1, 0.15) is 6.07 Å². The van der Waals surface area contributed by atoms with Crippen molar-refractivity contribution < 1.29 is 13.2 Å². The first-order valence-electron chi connectivity index (χ1n) is 9.25. The van der Waals surface area contributed by atoms with Crippen LogP contribution >= 0.6 is 0 Å². The van der Waals surface area contributed by atoms with Crippen LogP contribution in [-0.2, 0) is 14.8 Å². The summed E-state index contributed by atoms with van der Waals surface area (Å²) in [6.45, 7) is 3.55. The SMILES string of the molecule is CC1CCCCN1C(=O)C1CCN(S(=O)(=O)c2ccccc2C#N)CC1. The average molecular weight is 375 g/mol. The van der Waals surface area contributed by atoms with Crippen LogP contribution in [0.5, 0.6) is 0 Å². The van der Waals surface area contributed by atoms with E-state index in [0.717, 1.165) is 19.4 Å².